The summed E-state index contributed by atoms with van der Waals surface area (Å²) in [5.41, 5.74) is 1.54. The second-order valence-corrected chi connectivity index (χ2v) is 4.82. The summed E-state index contributed by atoms with van der Waals surface area (Å²) in [5, 5.41) is 2.80. The zero-order valence-electron chi connectivity index (χ0n) is 12.0. The Bertz CT molecular complexity index is 684. The predicted molar refractivity (Wildman–Crippen MR) is 83.9 cm³/mol. The Balaban J connectivity index is 1.66. The van der Waals surface area contributed by atoms with Gasteiger partial charge in [-0.25, -0.2) is 0 Å². The Labute approximate surface area is 128 Å². The van der Waals surface area contributed by atoms with E-state index in [0.29, 0.717) is 30.4 Å². The molecule has 2 heterocycles. The van der Waals surface area contributed by atoms with E-state index >= 15 is 0 Å². The first-order valence-electron chi connectivity index (χ1n) is 7.10. The molecule has 0 spiro atoms. The lowest BCUT2D eigenvalue weighted by Gasteiger charge is -2.09. The highest BCUT2D eigenvalue weighted by Crippen LogP contribution is 2.32. The van der Waals surface area contributed by atoms with Crippen LogP contribution in [0.15, 0.2) is 48.8 Å². The lowest BCUT2D eigenvalue weighted by molar-refractivity contribution is -0.111. The van der Waals surface area contributed by atoms with Gasteiger partial charge in [0.2, 0.25) is 5.91 Å². The molecule has 1 aliphatic heterocycles. The average molecular weight is 296 g/mol. The fourth-order valence-electron chi connectivity index (χ4n) is 2.07. The van der Waals surface area contributed by atoms with E-state index in [0.717, 1.165) is 12.0 Å². The molecule has 0 fully saturated rings. The predicted octanol–water partition coefficient (Wildman–Crippen LogP) is 2.89. The molecule has 3 rings (SSSR count). The van der Waals surface area contributed by atoms with Crippen molar-refractivity contribution in [3.8, 4) is 11.5 Å². The highest BCUT2D eigenvalue weighted by molar-refractivity contribution is 6.02. The maximum atomic E-state index is 11.9. The third-order valence-electron chi connectivity index (χ3n) is 3.13. The van der Waals surface area contributed by atoms with E-state index in [1.807, 2.05) is 12.1 Å². The SMILES string of the molecule is O=C(C=Cc1cccnc1)Nc1ccc2c(c1)OCCCO2. The summed E-state index contributed by atoms with van der Waals surface area (Å²) in [6.07, 6.45) is 7.42. The van der Waals surface area contributed by atoms with Gasteiger partial charge in [-0.2, -0.15) is 0 Å². The minimum atomic E-state index is -0.210. The molecule has 1 aliphatic rings. The zero-order valence-corrected chi connectivity index (χ0v) is 12.0. The van der Waals surface area contributed by atoms with Gasteiger partial charge in [-0.05, 0) is 29.8 Å². The van der Waals surface area contributed by atoms with Crippen molar-refractivity contribution in [3.63, 3.8) is 0 Å². The number of ether oxygens (including phenoxy) is 2. The summed E-state index contributed by atoms with van der Waals surface area (Å²) in [5.74, 6) is 1.16. The molecule has 1 aromatic heterocycles. The van der Waals surface area contributed by atoms with Crippen LogP contribution in [0.1, 0.15) is 12.0 Å². The van der Waals surface area contributed by atoms with Crippen molar-refractivity contribution >= 4 is 17.7 Å². The smallest absolute Gasteiger partial charge is 0.248 e. The van der Waals surface area contributed by atoms with Gasteiger partial charge in [0.15, 0.2) is 11.5 Å². The molecule has 0 radical (unpaired) electrons. The summed E-state index contributed by atoms with van der Waals surface area (Å²) in [6.45, 7) is 1.26. The molecule has 112 valence electrons. The number of benzene rings is 1. The molecule has 1 amide bonds. The molecule has 0 aliphatic carbocycles. The van der Waals surface area contributed by atoms with Gasteiger partial charge >= 0.3 is 0 Å². The monoisotopic (exact) mass is 296 g/mol. The fourth-order valence-corrected chi connectivity index (χ4v) is 2.07. The highest BCUT2D eigenvalue weighted by atomic mass is 16.5. The summed E-state index contributed by atoms with van der Waals surface area (Å²) in [6, 6.07) is 9.08. The number of hydrogen-bond acceptors (Lipinski definition) is 4. The van der Waals surface area contributed by atoms with Crippen LogP contribution in [0.2, 0.25) is 0 Å². The third-order valence-corrected chi connectivity index (χ3v) is 3.13. The molecule has 0 bridgehead atoms. The number of carbonyl (C=O) groups excluding carboxylic acids is 1. The minimum absolute atomic E-state index is 0.210. The summed E-state index contributed by atoms with van der Waals surface area (Å²) in [4.78, 5) is 15.9. The van der Waals surface area contributed by atoms with E-state index in [4.69, 9.17) is 9.47 Å². The number of anilines is 1. The molecule has 1 N–H and O–H groups in total. The Morgan fingerprint density at radius 3 is 2.86 bits per heavy atom. The topological polar surface area (TPSA) is 60.5 Å². The van der Waals surface area contributed by atoms with E-state index in [9.17, 15) is 4.79 Å². The third kappa shape index (κ3) is 3.63. The van der Waals surface area contributed by atoms with Crippen molar-refractivity contribution in [1.29, 1.82) is 0 Å². The number of aromatic nitrogens is 1. The van der Waals surface area contributed by atoms with Crippen LogP contribution < -0.4 is 14.8 Å². The number of amides is 1. The molecule has 0 atom stereocenters. The van der Waals surface area contributed by atoms with Gasteiger partial charge < -0.3 is 14.8 Å². The maximum absolute atomic E-state index is 11.9. The van der Waals surface area contributed by atoms with E-state index in [1.165, 1.54) is 6.08 Å². The van der Waals surface area contributed by atoms with Crippen molar-refractivity contribution in [3.05, 3.63) is 54.4 Å². The summed E-state index contributed by atoms with van der Waals surface area (Å²) in [7, 11) is 0. The van der Waals surface area contributed by atoms with Gasteiger partial charge in [-0.3, -0.25) is 9.78 Å². The van der Waals surface area contributed by atoms with Crippen LogP contribution in [0, 0.1) is 0 Å². The van der Waals surface area contributed by atoms with Gasteiger partial charge in [-0.15, -0.1) is 0 Å². The maximum Gasteiger partial charge on any atom is 0.248 e. The van der Waals surface area contributed by atoms with E-state index < -0.39 is 0 Å². The summed E-state index contributed by atoms with van der Waals surface area (Å²) >= 11 is 0. The van der Waals surface area contributed by atoms with Crippen molar-refractivity contribution in [2.24, 2.45) is 0 Å². The van der Waals surface area contributed by atoms with Crippen LogP contribution in [0.5, 0.6) is 11.5 Å². The van der Waals surface area contributed by atoms with Crippen molar-refractivity contribution in [2.75, 3.05) is 18.5 Å². The van der Waals surface area contributed by atoms with Crippen LogP contribution in [-0.2, 0) is 4.79 Å². The Morgan fingerprint density at radius 2 is 2.05 bits per heavy atom. The number of nitrogens with zero attached hydrogens (tertiary/aromatic N) is 1. The van der Waals surface area contributed by atoms with Crippen molar-refractivity contribution in [2.45, 2.75) is 6.42 Å². The zero-order chi connectivity index (χ0) is 15.2. The van der Waals surface area contributed by atoms with E-state index in [2.05, 4.69) is 10.3 Å². The lowest BCUT2D eigenvalue weighted by Crippen LogP contribution is -2.08. The molecular formula is C17H16N2O3. The molecule has 0 saturated heterocycles. The molecule has 2 aromatic rings. The van der Waals surface area contributed by atoms with Crippen LogP contribution in [0.4, 0.5) is 5.69 Å². The van der Waals surface area contributed by atoms with Gasteiger partial charge in [0.25, 0.3) is 0 Å². The molecule has 22 heavy (non-hydrogen) atoms. The van der Waals surface area contributed by atoms with Gasteiger partial charge in [0.05, 0.1) is 13.2 Å². The first-order valence-corrected chi connectivity index (χ1v) is 7.10. The second kappa shape index (κ2) is 6.76. The first-order chi connectivity index (χ1) is 10.8. The van der Waals surface area contributed by atoms with Gasteiger partial charge in [0, 0.05) is 36.6 Å². The molecule has 0 saturated carbocycles. The molecule has 1 aromatic carbocycles. The highest BCUT2D eigenvalue weighted by Gasteiger charge is 2.11. The largest absolute Gasteiger partial charge is 0.490 e. The van der Waals surface area contributed by atoms with E-state index in [-0.39, 0.29) is 5.91 Å². The van der Waals surface area contributed by atoms with Crippen molar-refractivity contribution in [1.82, 2.24) is 4.98 Å². The number of rotatable bonds is 3. The Kier molecular flexibility index (Phi) is 4.34. The average Bonchev–Trinajstić information content (AvgIpc) is 2.79. The quantitative estimate of drug-likeness (QED) is 0.885. The van der Waals surface area contributed by atoms with Gasteiger partial charge in [-0.1, -0.05) is 6.07 Å². The Hall–Kier alpha value is -2.82. The number of fused-ring (bicyclic) bond motifs is 1. The number of hydrogen-bond donors (Lipinski definition) is 1. The van der Waals surface area contributed by atoms with Crippen molar-refractivity contribution < 1.29 is 14.3 Å². The number of pyridine rings is 1. The van der Waals surface area contributed by atoms with Gasteiger partial charge in [0.1, 0.15) is 0 Å². The molecule has 0 unspecified atom stereocenters. The first kappa shape index (κ1) is 14.1. The summed E-state index contributed by atoms with van der Waals surface area (Å²) < 4.78 is 11.2. The van der Waals surface area contributed by atoms with Crippen LogP contribution in [0.3, 0.4) is 0 Å². The Morgan fingerprint density at radius 1 is 1.18 bits per heavy atom. The lowest BCUT2D eigenvalue weighted by atomic mass is 10.2. The standard InChI is InChI=1S/C17H16N2O3/c20-17(7-4-13-3-1-8-18-12-13)19-14-5-6-15-16(11-14)22-10-2-9-21-15/h1,3-8,11-12H,2,9-10H2,(H,19,20). The molecular weight excluding hydrogens is 280 g/mol. The van der Waals surface area contributed by atoms with E-state index in [1.54, 1.807) is 36.7 Å². The normalized spacial score (nSPS) is 13.6. The number of nitrogens with one attached hydrogen (secondary N) is 1. The number of carbonyl (C=O) groups is 1. The second-order valence-electron chi connectivity index (χ2n) is 4.82. The fraction of sp³-hybridized carbons (Fsp3) is 0.176. The van der Waals surface area contributed by atoms with Crippen LogP contribution in [0.25, 0.3) is 6.08 Å². The van der Waals surface area contributed by atoms with Crippen LogP contribution >= 0.6 is 0 Å². The molecule has 5 nitrogen and oxygen atoms in total. The van der Waals surface area contributed by atoms with Crippen LogP contribution in [-0.4, -0.2) is 24.1 Å². The molecule has 5 heteroatoms. The minimum Gasteiger partial charge on any atom is -0.490 e.